The largest absolute Gasteiger partial charge is 0.492 e. The van der Waals surface area contributed by atoms with Crippen molar-refractivity contribution < 1.29 is 13.2 Å². The zero-order chi connectivity index (χ0) is 26.3. The fourth-order valence-corrected chi connectivity index (χ4v) is 5.20. The molecule has 0 aliphatic carbocycles. The molecule has 0 atom stereocenters. The number of hydrogen-bond donors (Lipinski definition) is 3. The molecule has 0 bridgehead atoms. The molecule has 1 saturated heterocycles. The summed E-state index contributed by atoms with van der Waals surface area (Å²) in [5, 5.41) is 12.0. The van der Waals surface area contributed by atoms with Crippen LogP contribution in [-0.4, -0.2) is 49.5 Å². The lowest BCUT2D eigenvalue weighted by molar-refractivity contribution is 0.238. The number of unbranched alkanes of at least 4 members (excludes halogenated alkanes) is 1. The number of primary sulfonamides is 1. The summed E-state index contributed by atoms with van der Waals surface area (Å²) >= 11 is 0. The third kappa shape index (κ3) is 7.41. The molecule has 1 fully saturated rings. The highest BCUT2D eigenvalue weighted by Gasteiger charge is 2.18. The quantitative estimate of drug-likeness (QED) is 0.311. The summed E-state index contributed by atoms with van der Waals surface area (Å²) < 4.78 is 30.3. The third-order valence-electron chi connectivity index (χ3n) is 6.43. The molecule has 4 rings (SSSR count). The van der Waals surface area contributed by atoms with Gasteiger partial charge in [0, 0.05) is 29.7 Å². The molecule has 0 radical (unpaired) electrons. The van der Waals surface area contributed by atoms with Crippen molar-refractivity contribution in [3.05, 3.63) is 59.8 Å². The molecule has 3 aromatic rings. The van der Waals surface area contributed by atoms with Crippen molar-refractivity contribution >= 4 is 33.2 Å². The number of benzene rings is 2. The minimum absolute atomic E-state index is 0.138. The lowest BCUT2D eigenvalue weighted by Crippen LogP contribution is -2.25. The molecule has 1 aliphatic heterocycles. The fraction of sp³-hybridized carbons (Fsp3) is 0.407. The summed E-state index contributed by atoms with van der Waals surface area (Å²) in [5.41, 5.74) is 3.00. The fourth-order valence-electron chi connectivity index (χ4n) is 4.38. The Kier molecular flexibility index (Phi) is 8.96. The number of nitrogens with two attached hydrogens (primary N) is 1. The normalized spacial score (nSPS) is 14.0. The van der Waals surface area contributed by atoms with Crippen molar-refractivity contribution in [1.29, 1.82) is 0 Å². The maximum atomic E-state index is 12.2. The highest BCUT2D eigenvalue weighted by Crippen LogP contribution is 2.29. The van der Waals surface area contributed by atoms with Crippen molar-refractivity contribution in [2.75, 3.05) is 36.9 Å². The van der Waals surface area contributed by atoms with Gasteiger partial charge in [-0.15, -0.1) is 0 Å². The van der Waals surface area contributed by atoms with Crippen LogP contribution in [0, 0.1) is 6.92 Å². The number of nitrogens with one attached hydrogen (secondary N) is 2. The van der Waals surface area contributed by atoms with Gasteiger partial charge in [0.25, 0.3) is 0 Å². The van der Waals surface area contributed by atoms with Crippen LogP contribution in [0.5, 0.6) is 5.75 Å². The van der Waals surface area contributed by atoms with Gasteiger partial charge in [0.1, 0.15) is 18.2 Å². The molecule has 0 unspecified atom stereocenters. The van der Waals surface area contributed by atoms with Gasteiger partial charge in [0.2, 0.25) is 16.0 Å². The number of hydrogen-bond acceptors (Lipinski definition) is 8. The Morgan fingerprint density at radius 3 is 2.54 bits per heavy atom. The number of sulfonamides is 1. The summed E-state index contributed by atoms with van der Waals surface area (Å²) in [6.45, 7) is 7.92. The predicted octanol–water partition coefficient (Wildman–Crippen LogP) is 4.74. The Morgan fingerprint density at radius 1 is 1.08 bits per heavy atom. The van der Waals surface area contributed by atoms with Gasteiger partial charge in [-0.3, -0.25) is 4.90 Å². The van der Waals surface area contributed by atoms with Crippen molar-refractivity contribution in [2.45, 2.75) is 50.8 Å². The SMILES string of the molecule is CCCCc1c(Nc2nc(Nc3ccc(OCCN4CCCC4)cc3)ncc2C)cccc1S(N)(=O)=O. The lowest BCUT2D eigenvalue weighted by Gasteiger charge is -2.17. The van der Waals surface area contributed by atoms with Crippen molar-refractivity contribution in [1.82, 2.24) is 14.9 Å². The molecule has 0 amide bonds. The van der Waals surface area contributed by atoms with E-state index in [-0.39, 0.29) is 4.90 Å². The van der Waals surface area contributed by atoms with Gasteiger partial charge in [-0.1, -0.05) is 19.4 Å². The molecule has 2 aromatic carbocycles. The summed E-state index contributed by atoms with van der Waals surface area (Å²) in [4.78, 5) is 11.6. The Labute approximate surface area is 219 Å². The van der Waals surface area contributed by atoms with Gasteiger partial charge in [-0.05, 0) is 87.7 Å². The topological polar surface area (TPSA) is 122 Å². The first-order valence-corrected chi connectivity index (χ1v) is 14.4. The zero-order valence-corrected chi connectivity index (χ0v) is 22.4. The monoisotopic (exact) mass is 524 g/mol. The maximum Gasteiger partial charge on any atom is 0.238 e. The van der Waals surface area contributed by atoms with E-state index in [4.69, 9.17) is 9.88 Å². The number of aryl methyl sites for hydroxylation is 1. The van der Waals surface area contributed by atoms with E-state index in [0.717, 1.165) is 49.5 Å². The van der Waals surface area contributed by atoms with E-state index in [0.29, 0.717) is 36.0 Å². The summed E-state index contributed by atoms with van der Waals surface area (Å²) in [7, 11) is -3.85. The lowest BCUT2D eigenvalue weighted by atomic mass is 10.1. The van der Waals surface area contributed by atoms with Crippen LogP contribution in [0.2, 0.25) is 0 Å². The first kappa shape index (κ1) is 26.8. The van der Waals surface area contributed by atoms with Crippen LogP contribution in [0.15, 0.2) is 53.6 Å². The zero-order valence-electron chi connectivity index (χ0n) is 21.5. The molecule has 9 nitrogen and oxygen atoms in total. The Bertz CT molecular complexity index is 1290. The molecule has 1 aromatic heterocycles. The minimum Gasteiger partial charge on any atom is -0.492 e. The summed E-state index contributed by atoms with van der Waals surface area (Å²) in [6, 6.07) is 12.8. The molecule has 2 heterocycles. The molecule has 4 N–H and O–H groups in total. The minimum atomic E-state index is -3.85. The molecule has 0 saturated carbocycles. The molecule has 1 aliphatic rings. The average molecular weight is 525 g/mol. The molecular weight excluding hydrogens is 488 g/mol. The number of rotatable bonds is 12. The van der Waals surface area contributed by atoms with Crippen LogP contribution in [-0.2, 0) is 16.4 Å². The van der Waals surface area contributed by atoms with Crippen LogP contribution in [0.25, 0.3) is 0 Å². The molecule has 0 spiro atoms. The van der Waals surface area contributed by atoms with E-state index in [1.54, 1.807) is 18.3 Å². The van der Waals surface area contributed by atoms with Gasteiger partial charge in [-0.2, -0.15) is 4.98 Å². The smallest absolute Gasteiger partial charge is 0.238 e. The Hall–Kier alpha value is -3.21. The van der Waals surface area contributed by atoms with Gasteiger partial charge < -0.3 is 15.4 Å². The number of ether oxygens (including phenoxy) is 1. The number of aromatic nitrogens is 2. The van der Waals surface area contributed by atoms with Crippen LogP contribution in [0.1, 0.15) is 43.7 Å². The van der Waals surface area contributed by atoms with Gasteiger partial charge >= 0.3 is 0 Å². The highest BCUT2D eigenvalue weighted by molar-refractivity contribution is 7.89. The Morgan fingerprint density at radius 2 is 1.84 bits per heavy atom. The Balaban J connectivity index is 1.45. The van der Waals surface area contributed by atoms with Gasteiger partial charge in [0.15, 0.2) is 0 Å². The first-order valence-electron chi connectivity index (χ1n) is 12.8. The average Bonchev–Trinajstić information content (AvgIpc) is 3.39. The van der Waals surface area contributed by atoms with Crippen LogP contribution in [0.3, 0.4) is 0 Å². The number of anilines is 4. The second-order valence-corrected chi connectivity index (χ2v) is 10.9. The molecule has 10 heteroatoms. The summed E-state index contributed by atoms with van der Waals surface area (Å²) in [5.74, 6) is 1.84. The van der Waals surface area contributed by atoms with Gasteiger partial charge in [-0.25, -0.2) is 18.5 Å². The second-order valence-electron chi connectivity index (χ2n) is 9.33. The molecule has 198 valence electrons. The predicted molar refractivity (Wildman–Crippen MR) is 147 cm³/mol. The summed E-state index contributed by atoms with van der Waals surface area (Å²) in [6.07, 6.45) is 6.65. The first-order chi connectivity index (χ1) is 17.8. The van der Waals surface area contributed by atoms with Crippen molar-refractivity contribution in [3.8, 4) is 5.75 Å². The molecule has 37 heavy (non-hydrogen) atoms. The van der Waals surface area contributed by atoms with E-state index < -0.39 is 10.0 Å². The van der Waals surface area contributed by atoms with Crippen molar-refractivity contribution in [2.24, 2.45) is 5.14 Å². The van der Waals surface area contributed by atoms with E-state index >= 15 is 0 Å². The van der Waals surface area contributed by atoms with E-state index in [2.05, 4.69) is 32.4 Å². The molecular formula is C27H36N6O3S. The second kappa shape index (κ2) is 12.4. The van der Waals surface area contributed by atoms with E-state index in [1.165, 1.54) is 12.8 Å². The number of likely N-dealkylation sites (tertiary alicyclic amines) is 1. The van der Waals surface area contributed by atoms with E-state index in [9.17, 15) is 8.42 Å². The van der Waals surface area contributed by atoms with Gasteiger partial charge in [0.05, 0.1) is 4.90 Å². The highest BCUT2D eigenvalue weighted by atomic mass is 32.2. The van der Waals surface area contributed by atoms with Crippen LogP contribution in [0.4, 0.5) is 23.1 Å². The third-order valence-corrected chi connectivity index (χ3v) is 7.43. The van der Waals surface area contributed by atoms with E-state index in [1.807, 2.05) is 37.3 Å². The van der Waals surface area contributed by atoms with Crippen LogP contribution >= 0.6 is 0 Å². The maximum absolute atomic E-state index is 12.2. The van der Waals surface area contributed by atoms with Crippen molar-refractivity contribution in [3.63, 3.8) is 0 Å². The number of nitrogens with zero attached hydrogens (tertiary/aromatic N) is 3. The van der Waals surface area contributed by atoms with Crippen LogP contribution < -0.4 is 20.5 Å². The standard InChI is InChI=1S/C27H36N6O3S/c1-3-4-8-23-24(9-7-10-25(23)37(28,34)35)31-26-20(2)19-29-27(32-26)30-21-11-13-22(14-12-21)36-18-17-33-15-5-6-16-33/h7,9-14,19H,3-6,8,15-18H2,1-2H3,(H2,28,34,35)(H2,29,30,31,32).